The van der Waals surface area contributed by atoms with Crippen molar-refractivity contribution in [1.82, 2.24) is 15.2 Å². The van der Waals surface area contributed by atoms with Gasteiger partial charge in [-0.05, 0) is 58.8 Å². The van der Waals surface area contributed by atoms with Crippen molar-refractivity contribution in [3.05, 3.63) is 23.9 Å². The Bertz CT molecular complexity index is 602. The van der Waals surface area contributed by atoms with Crippen LogP contribution in [-0.4, -0.2) is 60.7 Å². The Balaban J connectivity index is 2.26. The minimum atomic E-state index is -0.657. The molecule has 0 aliphatic carbocycles. The average molecular weight is 348 g/mol. The second kappa shape index (κ2) is 7.82. The van der Waals surface area contributed by atoms with E-state index < -0.39 is 11.7 Å². The number of nitrogens with one attached hydrogen (secondary N) is 1. The maximum absolute atomic E-state index is 13.0. The van der Waals surface area contributed by atoms with Crippen molar-refractivity contribution in [3.8, 4) is 0 Å². The number of anilines is 1. The lowest BCUT2D eigenvalue weighted by Crippen LogP contribution is -2.50. The molecular formula is C18H28N4O3. The van der Waals surface area contributed by atoms with Crippen molar-refractivity contribution < 1.29 is 14.3 Å². The monoisotopic (exact) mass is 348 g/mol. The topological polar surface area (TPSA) is 74.8 Å². The number of imide groups is 1. The minimum absolute atomic E-state index is 0.169. The largest absolute Gasteiger partial charge is 0.443 e. The lowest BCUT2D eigenvalue weighted by atomic mass is 10.0. The van der Waals surface area contributed by atoms with E-state index in [9.17, 15) is 9.59 Å². The quantitative estimate of drug-likeness (QED) is 0.903. The van der Waals surface area contributed by atoms with E-state index >= 15 is 0 Å². The molecule has 0 aromatic carbocycles. The van der Waals surface area contributed by atoms with Gasteiger partial charge in [-0.25, -0.2) is 14.7 Å². The van der Waals surface area contributed by atoms with Gasteiger partial charge in [0.05, 0.1) is 5.56 Å². The Morgan fingerprint density at radius 2 is 1.84 bits per heavy atom. The van der Waals surface area contributed by atoms with E-state index in [-0.39, 0.29) is 11.9 Å². The van der Waals surface area contributed by atoms with Gasteiger partial charge in [-0.1, -0.05) is 0 Å². The molecule has 25 heavy (non-hydrogen) atoms. The van der Waals surface area contributed by atoms with Crippen LogP contribution >= 0.6 is 0 Å². The van der Waals surface area contributed by atoms with Crippen LogP contribution in [0.2, 0.25) is 0 Å². The molecule has 1 aromatic heterocycles. The molecule has 2 rings (SSSR count). The Hall–Kier alpha value is -2.15. The number of carbonyl (C=O) groups is 2. The molecular weight excluding hydrogens is 320 g/mol. The summed E-state index contributed by atoms with van der Waals surface area (Å²) in [5.41, 5.74) is -0.273. The summed E-state index contributed by atoms with van der Waals surface area (Å²) in [7, 11) is 3.76. The predicted octanol–water partition coefficient (Wildman–Crippen LogP) is 2.28. The number of rotatable bonds is 3. The number of pyridine rings is 1. The number of carbonyl (C=O) groups excluding carboxylic acids is 2. The minimum Gasteiger partial charge on any atom is -0.443 e. The highest BCUT2D eigenvalue weighted by Gasteiger charge is 2.34. The molecule has 0 saturated carbocycles. The molecule has 0 bridgehead atoms. The van der Waals surface area contributed by atoms with Gasteiger partial charge in [-0.2, -0.15) is 0 Å². The van der Waals surface area contributed by atoms with Crippen LogP contribution in [0.5, 0.6) is 0 Å². The zero-order chi connectivity index (χ0) is 18.6. The van der Waals surface area contributed by atoms with Gasteiger partial charge in [0.25, 0.3) is 5.91 Å². The van der Waals surface area contributed by atoms with Crippen molar-refractivity contribution in [2.75, 3.05) is 32.1 Å². The normalized spacial score (nSPS) is 15.6. The van der Waals surface area contributed by atoms with Gasteiger partial charge >= 0.3 is 6.09 Å². The van der Waals surface area contributed by atoms with Crippen molar-refractivity contribution in [3.63, 3.8) is 0 Å². The Kier molecular flexibility index (Phi) is 6.00. The summed E-state index contributed by atoms with van der Waals surface area (Å²) >= 11 is 0. The van der Waals surface area contributed by atoms with E-state index in [1.54, 1.807) is 32.9 Å². The number of hydrogen-bond donors (Lipinski definition) is 1. The van der Waals surface area contributed by atoms with Crippen LogP contribution < -0.4 is 10.2 Å². The first kappa shape index (κ1) is 19.2. The summed E-state index contributed by atoms with van der Waals surface area (Å²) in [6.07, 6.45) is 2.35. The zero-order valence-electron chi connectivity index (χ0n) is 15.7. The molecule has 0 unspecified atom stereocenters. The smallest absolute Gasteiger partial charge is 0.417 e. The Morgan fingerprint density at radius 1 is 1.20 bits per heavy atom. The summed E-state index contributed by atoms with van der Waals surface area (Å²) in [6, 6.07) is 3.29. The van der Waals surface area contributed by atoms with Crippen LogP contribution in [0.15, 0.2) is 18.3 Å². The lowest BCUT2D eigenvalue weighted by Gasteiger charge is -2.34. The van der Waals surface area contributed by atoms with E-state index in [0.29, 0.717) is 18.4 Å². The average Bonchev–Trinajstić information content (AvgIpc) is 2.54. The first-order valence-electron chi connectivity index (χ1n) is 8.59. The van der Waals surface area contributed by atoms with E-state index in [4.69, 9.17) is 4.74 Å². The van der Waals surface area contributed by atoms with Crippen LogP contribution in [0.25, 0.3) is 0 Å². The maximum Gasteiger partial charge on any atom is 0.417 e. The second-order valence-electron chi connectivity index (χ2n) is 7.44. The van der Waals surface area contributed by atoms with Crippen molar-refractivity contribution in [2.24, 2.45) is 0 Å². The van der Waals surface area contributed by atoms with Gasteiger partial charge in [-0.15, -0.1) is 0 Å². The maximum atomic E-state index is 13.0. The molecule has 7 heteroatoms. The highest BCUT2D eigenvalue weighted by Crippen LogP contribution is 2.20. The molecule has 1 N–H and O–H groups in total. The second-order valence-corrected chi connectivity index (χ2v) is 7.44. The molecule has 2 heterocycles. The van der Waals surface area contributed by atoms with E-state index in [1.807, 2.05) is 19.0 Å². The SMILES string of the molecule is CN(C)c1ccc(C(=O)N(C(=O)OC(C)(C)C)C2CCNCC2)cn1. The number of piperidine rings is 1. The highest BCUT2D eigenvalue weighted by atomic mass is 16.6. The summed E-state index contributed by atoms with van der Waals surface area (Å²) in [5.74, 6) is 0.390. The van der Waals surface area contributed by atoms with Crippen molar-refractivity contribution >= 4 is 17.8 Å². The lowest BCUT2D eigenvalue weighted by molar-refractivity contribution is 0.0139. The first-order chi connectivity index (χ1) is 11.7. The molecule has 2 amide bonds. The van der Waals surface area contributed by atoms with Gasteiger partial charge in [0.15, 0.2) is 0 Å². The molecule has 1 aromatic rings. The van der Waals surface area contributed by atoms with Gasteiger partial charge in [0, 0.05) is 26.3 Å². The van der Waals surface area contributed by atoms with Crippen LogP contribution in [-0.2, 0) is 4.74 Å². The number of nitrogens with zero attached hydrogens (tertiary/aromatic N) is 3. The van der Waals surface area contributed by atoms with Crippen molar-refractivity contribution in [2.45, 2.75) is 45.3 Å². The molecule has 0 radical (unpaired) electrons. The van der Waals surface area contributed by atoms with Crippen LogP contribution in [0, 0.1) is 0 Å². The molecule has 1 saturated heterocycles. The zero-order valence-corrected chi connectivity index (χ0v) is 15.7. The summed E-state index contributed by atoms with van der Waals surface area (Å²) in [5, 5.41) is 3.25. The third kappa shape index (κ3) is 5.16. The fourth-order valence-electron chi connectivity index (χ4n) is 2.69. The first-order valence-corrected chi connectivity index (χ1v) is 8.59. The van der Waals surface area contributed by atoms with Crippen LogP contribution in [0.3, 0.4) is 0 Å². The van der Waals surface area contributed by atoms with Gasteiger partial charge in [0.1, 0.15) is 11.4 Å². The molecule has 7 nitrogen and oxygen atoms in total. The predicted molar refractivity (Wildman–Crippen MR) is 96.9 cm³/mol. The Labute approximate surface area is 149 Å². The number of ether oxygens (including phenoxy) is 1. The number of amides is 2. The molecule has 138 valence electrons. The van der Waals surface area contributed by atoms with E-state index in [0.717, 1.165) is 18.9 Å². The molecule has 1 fully saturated rings. The highest BCUT2D eigenvalue weighted by molar-refractivity contribution is 6.03. The molecule has 1 aliphatic heterocycles. The summed E-state index contributed by atoms with van der Waals surface area (Å²) in [4.78, 5) is 33.1. The Morgan fingerprint density at radius 3 is 2.32 bits per heavy atom. The van der Waals surface area contributed by atoms with Crippen LogP contribution in [0.4, 0.5) is 10.6 Å². The van der Waals surface area contributed by atoms with Gasteiger partial charge < -0.3 is 15.0 Å². The third-order valence-electron chi connectivity index (χ3n) is 3.94. The fraction of sp³-hybridized carbons (Fsp3) is 0.611. The molecule has 0 atom stereocenters. The van der Waals surface area contributed by atoms with E-state index in [1.165, 1.54) is 11.1 Å². The van der Waals surface area contributed by atoms with Gasteiger partial charge in [-0.3, -0.25) is 4.79 Å². The molecule has 1 aliphatic rings. The number of aromatic nitrogens is 1. The van der Waals surface area contributed by atoms with E-state index in [2.05, 4.69) is 10.3 Å². The fourth-order valence-corrected chi connectivity index (χ4v) is 2.69. The summed E-state index contributed by atoms with van der Waals surface area (Å²) < 4.78 is 5.47. The van der Waals surface area contributed by atoms with Gasteiger partial charge in [0.2, 0.25) is 0 Å². The summed E-state index contributed by atoms with van der Waals surface area (Å²) in [6.45, 7) is 6.93. The standard InChI is InChI=1S/C18H28N4O3/c1-18(2,3)25-17(24)22(14-8-10-19-11-9-14)16(23)13-6-7-15(20-12-13)21(4)5/h6-7,12,14,19H,8-11H2,1-5H3. The molecule has 0 spiro atoms. The third-order valence-corrected chi connectivity index (χ3v) is 3.94. The van der Waals surface area contributed by atoms with Crippen molar-refractivity contribution in [1.29, 1.82) is 0 Å². The number of hydrogen-bond acceptors (Lipinski definition) is 6. The van der Waals surface area contributed by atoms with Crippen LogP contribution in [0.1, 0.15) is 44.0 Å².